The molecule has 12 heteroatoms. The Morgan fingerprint density at radius 3 is 2.38 bits per heavy atom. The van der Waals surface area contributed by atoms with Gasteiger partial charge >= 0.3 is 0 Å². The lowest BCUT2D eigenvalue weighted by Gasteiger charge is -2.54. The molecule has 4 amide bonds. The topological polar surface area (TPSA) is 168 Å². The number of likely N-dealkylation sites (N-methyl/N-ethyl adjacent to an activating group) is 1. The highest BCUT2D eigenvalue weighted by molar-refractivity contribution is 6.36. The number of Topliss-reactive ketones (excluding diaryl/α,β-unsaturated/α-hetero) is 1. The number of carbonyl (C=O) groups excluding carboxylic acids is 5. The predicted octanol–water partition coefficient (Wildman–Crippen LogP) is 0.450. The van der Waals surface area contributed by atoms with E-state index >= 15 is 0 Å². The Hall–Kier alpha value is -3.54. The van der Waals surface area contributed by atoms with Crippen molar-refractivity contribution in [2.24, 2.45) is 23.7 Å². The normalized spacial score (nSPS) is 28.4. The fraction of sp³-hybridized carbons (Fsp3) is 0.667. The van der Waals surface area contributed by atoms with E-state index in [-0.39, 0.29) is 42.9 Å². The van der Waals surface area contributed by atoms with Gasteiger partial charge in [0.05, 0.1) is 6.04 Å². The second-order valence-electron chi connectivity index (χ2n) is 12.5. The van der Waals surface area contributed by atoms with Gasteiger partial charge in [-0.25, -0.2) is 0 Å². The largest absolute Gasteiger partial charge is 0.353 e. The number of piperidine rings is 1. The van der Waals surface area contributed by atoms with Gasteiger partial charge in [-0.1, -0.05) is 6.42 Å². The van der Waals surface area contributed by atoms with Crippen molar-refractivity contribution in [2.75, 3.05) is 18.9 Å². The van der Waals surface area contributed by atoms with Gasteiger partial charge in [-0.2, -0.15) is 0 Å². The lowest BCUT2D eigenvalue weighted by atomic mass is 9.54. The molecule has 42 heavy (non-hydrogen) atoms. The van der Waals surface area contributed by atoms with Crippen molar-refractivity contribution in [3.8, 4) is 0 Å². The second kappa shape index (κ2) is 13.2. The first-order valence-electron chi connectivity index (χ1n) is 15.3. The maximum atomic E-state index is 13.3. The van der Waals surface area contributed by atoms with E-state index in [4.69, 9.17) is 0 Å². The number of ketones is 1. The molecule has 6 rings (SSSR count). The number of nitrogens with one attached hydrogen (secondary N) is 5. The molecule has 1 aliphatic heterocycles. The zero-order chi connectivity index (χ0) is 29.8. The van der Waals surface area contributed by atoms with Crippen molar-refractivity contribution >= 4 is 35.1 Å². The van der Waals surface area contributed by atoms with E-state index in [1.165, 1.54) is 56.0 Å². The average molecular weight is 583 g/mol. The average Bonchev–Trinajstić information content (AvgIpc) is 2.98. The Balaban J connectivity index is 1.22. The highest BCUT2D eigenvalue weighted by Crippen LogP contribution is 2.53. The van der Waals surface area contributed by atoms with E-state index in [9.17, 15) is 28.8 Å². The molecule has 1 aromatic heterocycles. The summed E-state index contributed by atoms with van der Waals surface area (Å²) in [6.07, 6.45) is 9.57. The van der Waals surface area contributed by atoms with Gasteiger partial charge in [0.15, 0.2) is 0 Å². The van der Waals surface area contributed by atoms with Crippen LogP contribution in [0.2, 0.25) is 0 Å². The van der Waals surface area contributed by atoms with Gasteiger partial charge in [0.25, 0.3) is 11.5 Å². The molecular formula is C30H42N6O6. The van der Waals surface area contributed by atoms with E-state index in [0.717, 1.165) is 24.7 Å². The summed E-state index contributed by atoms with van der Waals surface area (Å²) in [6.45, 7) is 0.518. The Morgan fingerprint density at radius 1 is 1.02 bits per heavy atom. The minimum atomic E-state index is -1.15. The zero-order valence-electron chi connectivity index (χ0n) is 24.2. The van der Waals surface area contributed by atoms with Crippen LogP contribution >= 0.6 is 0 Å². The fourth-order valence-electron chi connectivity index (χ4n) is 7.67. The van der Waals surface area contributed by atoms with Gasteiger partial charge in [0.1, 0.15) is 18.3 Å². The van der Waals surface area contributed by atoms with E-state index < -0.39 is 35.2 Å². The van der Waals surface area contributed by atoms with Crippen LogP contribution in [-0.2, 0) is 30.5 Å². The Bertz CT molecular complexity index is 1240. The molecule has 1 aromatic rings. The molecule has 5 aliphatic rings. The summed E-state index contributed by atoms with van der Waals surface area (Å²) in [5, 5.41) is 13.8. The molecule has 5 fully saturated rings. The van der Waals surface area contributed by atoms with Crippen LogP contribution in [0, 0.1) is 23.7 Å². The van der Waals surface area contributed by atoms with Crippen molar-refractivity contribution in [1.29, 1.82) is 0 Å². The fourth-order valence-corrected chi connectivity index (χ4v) is 7.67. The van der Waals surface area contributed by atoms with Crippen molar-refractivity contribution in [3.63, 3.8) is 0 Å². The minimum absolute atomic E-state index is 0.0439. The van der Waals surface area contributed by atoms with Crippen molar-refractivity contribution < 1.29 is 24.0 Å². The first kappa shape index (κ1) is 29.9. The van der Waals surface area contributed by atoms with Crippen molar-refractivity contribution in [1.82, 2.24) is 25.8 Å². The second-order valence-corrected chi connectivity index (χ2v) is 12.5. The molecule has 0 unspecified atom stereocenters. The smallest absolute Gasteiger partial charge is 0.287 e. The number of nitrogens with zero attached hydrogens (tertiary/aromatic N) is 1. The number of aromatic nitrogens is 1. The SMILES string of the molecule is CNC(=O)C(=O)CC[C@H](NC(=O)[C@@H]1CCCCN1)C(=O)Nc1cccn(CC(=O)NC2C3CC4CC(C3)CC2C4)c1=O. The Kier molecular flexibility index (Phi) is 9.40. The Labute approximate surface area is 245 Å². The third-order valence-corrected chi connectivity index (χ3v) is 9.55. The molecule has 0 radical (unpaired) electrons. The number of hydrogen-bond acceptors (Lipinski definition) is 7. The summed E-state index contributed by atoms with van der Waals surface area (Å²) >= 11 is 0. The quantitative estimate of drug-likeness (QED) is 0.236. The van der Waals surface area contributed by atoms with Crippen LogP contribution in [-0.4, -0.2) is 65.7 Å². The lowest BCUT2D eigenvalue weighted by molar-refractivity contribution is -0.138. The predicted molar refractivity (Wildman–Crippen MR) is 154 cm³/mol. The van der Waals surface area contributed by atoms with E-state index in [2.05, 4.69) is 26.6 Å². The third-order valence-electron chi connectivity index (χ3n) is 9.55. The van der Waals surface area contributed by atoms with Crippen LogP contribution in [0.5, 0.6) is 0 Å². The van der Waals surface area contributed by atoms with Gasteiger partial charge in [-0.15, -0.1) is 0 Å². The van der Waals surface area contributed by atoms with E-state index in [0.29, 0.717) is 24.8 Å². The summed E-state index contributed by atoms with van der Waals surface area (Å²) in [5.74, 6) is -0.185. The molecule has 228 valence electrons. The maximum absolute atomic E-state index is 13.3. The number of amides is 4. The van der Waals surface area contributed by atoms with Gasteiger partial charge in [-0.05, 0) is 93.7 Å². The molecule has 12 nitrogen and oxygen atoms in total. The van der Waals surface area contributed by atoms with Crippen LogP contribution in [0.1, 0.15) is 64.2 Å². The van der Waals surface area contributed by atoms with Crippen molar-refractivity contribution in [2.45, 2.75) is 88.9 Å². The maximum Gasteiger partial charge on any atom is 0.287 e. The molecule has 4 bridgehead atoms. The number of rotatable bonds is 11. The highest BCUT2D eigenvalue weighted by atomic mass is 16.2. The van der Waals surface area contributed by atoms with Gasteiger partial charge < -0.3 is 31.2 Å². The summed E-state index contributed by atoms with van der Waals surface area (Å²) in [6, 6.07) is 1.55. The van der Waals surface area contributed by atoms with E-state index in [1.807, 2.05) is 0 Å². The summed E-state index contributed by atoms with van der Waals surface area (Å²) < 4.78 is 1.26. The van der Waals surface area contributed by atoms with Crippen LogP contribution in [0.4, 0.5) is 5.69 Å². The molecule has 4 saturated carbocycles. The van der Waals surface area contributed by atoms with Crippen LogP contribution in [0.15, 0.2) is 23.1 Å². The number of carbonyl (C=O) groups is 5. The number of anilines is 1. The van der Waals surface area contributed by atoms with E-state index in [1.54, 1.807) is 6.07 Å². The molecule has 1 saturated heterocycles. The molecule has 2 atom stereocenters. The molecular weight excluding hydrogens is 540 g/mol. The van der Waals surface area contributed by atoms with Crippen LogP contribution in [0.3, 0.4) is 0 Å². The van der Waals surface area contributed by atoms with Crippen LogP contribution in [0.25, 0.3) is 0 Å². The molecule has 2 heterocycles. The van der Waals surface area contributed by atoms with Gasteiger partial charge in [0, 0.05) is 25.7 Å². The summed E-state index contributed by atoms with van der Waals surface area (Å²) in [5.41, 5.74) is -0.593. The molecule has 0 spiro atoms. The van der Waals surface area contributed by atoms with Crippen LogP contribution < -0.4 is 32.1 Å². The summed E-state index contributed by atoms with van der Waals surface area (Å²) in [7, 11) is 1.34. The summed E-state index contributed by atoms with van der Waals surface area (Å²) in [4.78, 5) is 76.2. The number of hydrogen-bond donors (Lipinski definition) is 5. The monoisotopic (exact) mass is 582 g/mol. The Morgan fingerprint density at radius 2 is 1.74 bits per heavy atom. The molecule has 4 aliphatic carbocycles. The van der Waals surface area contributed by atoms with Crippen molar-refractivity contribution in [3.05, 3.63) is 28.7 Å². The third kappa shape index (κ3) is 6.91. The first-order valence-corrected chi connectivity index (χ1v) is 15.3. The number of pyridine rings is 1. The first-order chi connectivity index (χ1) is 20.2. The minimum Gasteiger partial charge on any atom is -0.353 e. The zero-order valence-corrected chi connectivity index (χ0v) is 24.2. The van der Waals surface area contributed by atoms with Gasteiger partial charge in [0.2, 0.25) is 23.5 Å². The van der Waals surface area contributed by atoms with Gasteiger partial charge in [-0.3, -0.25) is 28.8 Å². The molecule has 5 N–H and O–H groups in total. The highest BCUT2D eigenvalue weighted by Gasteiger charge is 2.48. The standard InChI is InChI=1S/C30H42N6O6/c1-31-29(41)24(37)8-7-22(33-27(39)21-5-2-3-9-32-21)28(40)34-23-6-4-10-36(30(23)42)16-25(38)35-26-19-12-17-11-18(14-19)15-20(26)13-17/h4,6,10,17-22,26,32H,2-3,5,7-9,11-16H2,1H3,(H,31,41)(H,33,39)(H,34,40)(H,35,38)/t17?,18?,19?,20?,21-,22-,26?/m0/s1. The lowest BCUT2D eigenvalue weighted by Crippen LogP contribution is -2.56. The molecule has 0 aromatic carbocycles.